The Bertz CT molecular complexity index is 1100. The zero-order valence-corrected chi connectivity index (χ0v) is 23.1. The molecule has 1 aliphatic heterocycles. The Kier molecular flexibility index (Phi) is 10.2. The van der Waals surface area contributed by atoms with Crippen molar-refractivity contribution >= 4 is 16.8 Å². The molecule has 2 aromatic rings. The van der Waals surface area contributed by atoms with Gasteiger partial charge in [-0.2, -0.15) is 0 Å². The fourth-order valence-electron chi connectivity index (χ4n) is 6.10. The molecule has 2 aliphatic rings. The molecule has 1 aromatic heterocycles. The lowest BCUT2D eigenvalue weighted by atomic mass is 9.92. The zero-order valence-electron chi connectivity index (χ0n) is 23.1. The van der Waals surface area contributed by atoms with E-state index < -0.39 is 0 Å². The van der Waals surface area contributed by atoms with E-state index in [4.69, 9.17) is 0 Å². The van der Waals surface area contributed by atoms with Gasteiger partial charge in [-0.05, 0) is 82.8 Å². The minimum atomic E-state index is -0.0357. The Hall–Kier alpha value is -2.63. The Balaban J connectivity index is 1.44. The molecule has 2 heterocycles. The quantitative estimate of drug-likeness (QED) is 0.351. The summed E-state index contributed by atoms with van der Waals surface area (Å²) in [6.45, 7) is 8.90. The van der Waals surface area contributed by atoms with Crippen LogP contribution in [0, 0.1) is 5.92 Å². The van der Waals surface area contributed by atoms with Crippen molar-refractivity contribution in [2.45, 2.75) is 70.9 Å². The molecule has 2 N–H and O–H groups in total. The number of carbonyl (C=O) groups is 1. The average molecular weight is 503 g/mol. The maximum atomic E-state index is 13.7. The number of hydrogen-bond acceptors (Lipinski definition) is 3. The first-order valence-electron chi connectivity index (χ1n) is 14.4. The molecule has 37 heavy (non-hydrogen) atoms. The number of carbonyl (C=O) groups excluding carboxylic acids is 1. The lowest BCUT2D eigenvalue weighted by Crippen LogP contribution is -2.41. The second kappa shape index (κ2) is 13.8. The van der Waals surface area contributed by atoms with Crippen molar-refractivity contribution in [3.8, 4) is 0 Å². The highest BCUT2D eigenvalue weighted by molar-refractivity contribution is 5.97. The Labute approximate surface area is 223 Å². The average Bonchev–Trinajstić information content (AvgIpc) is 3.32. The lowest BCUT2D eigenvalue weighted by Gasteiger charge is -2.35. The number of benzene rings is 1. The van der Waals surface area contributed by atoms with Crippen molar-refractivity contribution in [2.24, 2.45) is 5.92 Å². The summed E-state index contributed by atoms with van der Waals surface area (Å²) in [6.07, 6.45) is 20.8. The molecule has 0 saturated carbocycles. The summed E-state index contributed by atoms with van der Waals surface area (Å²) in [4.78, 5) is 21.8. The maximum Gasteiger partial charge on any atom is 0.254 e. The van der Waals surface area contributed by atoms with Crippen LogP contribution >= 0.6 is 0 Å². The number of allylic oxidation sites excluding steroid dienone is 4. The molecule has 0 bridgehead atoms. The van der Waals surface area contributed by atoms with E-state index in [-0.39, 0.29) is 17.9 Å². The van der Waals surface area contributed by atoms with E-state index in [0.29, 0.717) is 0 Å². The number of rotatable bonds is 11. The first kappa shape index (κ1) is 27.4. The van der Waals surface area contributed by atoms with Crippen molar-refractivity contribution in [3.05, 3.63) is 72.0 Å². The van der Waals surface area contributed by atoms with Crippen molar-refractivity contribution < 1.29 is 4.79 Å². The van der Waals surface area contributed by atoms with E-state index in [1.54, 1.807) is 0 Å². The Morgan fingerprint density at radius 3 is 2.92 bits per heavy atom. The van der Waals surface area contributed by atoms with E-state index in [1.165, 1.54) is 56.1 Å². The number of likely N-dealkylation sites (tertiary alicyclic amines) is 1. The van der Waals surface area contributed by atoms with Crippen LogP contribution in [-0.2, 0) is 4.79 Å². The van der Waals surface area contributed by atoms with Crippen LogP contribution in [0.3, 0.4) is 0 Å². The van der Waals surface area contributed by atoms with Gasteiger partial charge in [0, 0.05) is 41.3 Å². The van der Waals surface area contributed by atoms with Crippen LogP contribution in [0.2, 0.25) is 0 Å². The third-order valence-electron chi connectivity index (χ3n) is 8.16. The van der Waals surface area contributed by atoms with Gasteiger partial charge in [0.25, 0.3) is 5.91 Å². The van der Waals surface area contributed by atoms with Gasteiger partial charge in [0.1, 0.15) is 0 Å². The number of hydrogen-bond donors (Lipinski definition) is 2. The highest BCUT2D eigenvalue weighted by Crippen LogP contribution is 2.34. The number of H-pyrrole nitrogens is 1. The molecule has 3 atom stereocenters. The highest BCUT2D eigenvalue weighted by atomic mass is 16.2. The van der Waals surface area contributed by atoms with Gasteiger partial charge < -0.3 is 20.1 Å². The molecule has 5 nitrogen and oxygen atoms in total. The molecule has 1 fully saturated rings. The summed E-state index contributed by atoms with van der Waals surface area (Å²) < 4.78 is 0. The monoisotopic (exact) mass is 502 g/mol. The second-order valence-electron chi connectivity index (χ2n) is 10.8. The number of amides is 1. The van der Waals surface area contributed by atoms with Crippen LogP contribution in [0.5, 0.6) is 0 Å². The van der Waals surface area contributed by atoms with Gasteiger partial charge in [-0.25, -0.2) is 0 Å². The number of aromatic amines is 1. The predicted molar refractivity (Wildman–Crippen MR) is 156 cm³/mol. The van der Waals surface area contributed by atoms with E-state index in [2.05, 4.69) is 71.7 Å². The molecule has 3 unspecified atom stereocenters. The summed E-state index contributed by atoms with van der Waals surface area (Å²) in [7, 11) is 1.96. The molecule has 0 spiro atoms. The van der Waals surface area contributed by atoms with E-state index in [9.17, 15) is 4.79 Å². The third kappa shape index (κ3) is 7.03. The van der Waals surface area contributed by atoms with Crippen molar-refractivity contribution in [3.63, 3.8) is 0 Å². The number of fused-ring (bicyclic) bond motifs is 1. The number of nitrogens with one attached hydrogen (secondary N) is 2. The minimum Gasteiger partial charge on any atom is -0.361 e. The maximum absolute atomic E-state index is 13.7. The van der Waals surface area contributed by atoms with Crippen molar-refractivity contribution in [1.29, 1.82) is 0 Å². The molecule has 1 aliphatic carbocycles. The van der Waals surface area contributed by atoms with Gasteiger partial charge in [-0.15, -0.1) is 0 Å². The molecule has 1 aromatic carbocycles. The molecular weight excluding hydrogens is 456 g/mol. The standard InChI is InChI=1S/C32H46N4O/c1-4-27-17-12-13-21-36(27)22-14-20-33-23-25(2)31(29-24-34-30-19-11-10-18-28(29)30)35(3)32(37)26-15-8-6-5-7-9-16-26/h6,8-11,15-16,18-19,24-25,27,31,33-34H,4-5,7,12-14,17,20-23H2,1-3H3/b8-6-,16-9-,26-15+. The van der Waals surface area contributed by atoms with Gasteiger partial charge in [0.2, 0.25) is 0 Å². The first-order chi connectivity index (χ1) is 18.1. The van der Waals surface area contributed by atoms with E-state index in [0.717, 1.165) is 43.1 Å². The first-order valence-corrected chi connectivity index (χ1v) is 14.4. The van der Waals surface area contributed by atoms with Crippen LogP contribution in [0.15, 0.2) is 66.4 Å². The normalized spacial score (nSPS) is 23.4. The number of nitrogens with zero attached hydrogens (tertiary/aromatic N) is 2. The van der Waals surface area contributed by atoms with Crippen LogP contribution in [0.1, 0.15) is 70.4 Å². The third-order valence-corrected chi connectivity index (χ3v) is 8.16. The van der Waals surface area contributed by atoms with Crippen LogP contribution in [0.4, 0.5) is 0 Å². The fourth-order valence-corrected chi connectivity index (χ4v) is 6.10. The van der Waals surface area contributed by atoms with E-state index in [1.807, 2.05) is 30.2 Å². The minimum absolute atomic E-state index is 0.0357. The van der Waals surface area contributed by atoms with Gasteiger partial charge >= 0.3 is 0 Å². The molecule has 1 saturated heterocycles. The van der Waals surface area contributed by atoms with Crippen molar-refractivity contribution in [1.82, 2.24) is 20.1 Å². The van der Waals surface area contributed by atoms with Gasteiger partial charge in [-0.3, -0.25) is 4.79 Å². The van der Waals surface area contributed by atoms with Gasteiger partial charge in [-0.1, -0.05) is 62.8 Å². The molecule has 1 amide bonds. The zero-order chi connectivity index (χ0) is 26.0. The largest absolute Gasteiger partial charge is 0.361 e. The van der Waals surface area contributed by atoms with Crippen molar-refractivity contribution in [2.75, 3.05) is 33.2 Å². The van der Waals surface area contributed by atoms with Crippen LogP contribution in [0.25, 0.3) is 10.9 Å². The Morgan fingerprint density at radius 1 is 1.22 bits per heavy atom. The number of aromatic nitrogens is 1. The number of likely N-dealkylation sites (N-methyl/N-ethyl adjacent to an activating group) is 1. The van der Waals surface area contributed by atoms with E-state index >= 15 is 0 Å². The smallest absolute Gasteiger partial charge is 0.254 e. The van der Waals surface area contributed by atoms with Gasteiger partial charge in [0.15, 0.2) is 0 Å². The number of piperidine rings is 1. The molecule has 0 radical (unpaired) electrons. The second-order valence-corrected chi connectivity index (χ2v) is 10.8. The number of para-hydroxylation sites is 1. The van der Waals surface area contributed by atoms with Crippen LogP contribution < -0.4 is 5.32 Å². The van der Waals surface area contributed by atoms with Gasteiger partial charge in [0.05, 0.1) is 6.04 Å². The molecule has 5 heteroatoms. The SMILES string of the molecule is CCC1CCCCN1CCCNCC(C)C(c1c[nH]c2ccccc12)N(C)C(=O)C1=C/C=C\CC/C=C\1. The Morgan fingerprint density at radius 2 is 2.05 bits per heavy atom. The summed E-state index contributed by atoms with van der Waals surface area (Å²) >= 11 is 0. The molecule has 200 valence electrons. The summed E-state index contributed by atoms with van der Waals surface area (Å²) in [5, 5.41) is 4.92. The van der Waals surface area contributed by atoms with Crippen LogP contribution in [-0.4, -0.2) is 60.0 Å². The lowest BCUT2D eigenvalue weighted by molar-refractivity contribution is -0.128. The fraction of sp³-hybridized carbons (Fsp3) is 0.531. The molecular formula is C32H46N4O. The summed E-state index contributed by atoms with van der Waals surface area (Å²) in [5.74, 6) is 0.320. The highest BCUT2D eigenvalue weighted by Gasteiger charge is 2.30. The predicted octanol–water partition coefficient (Wildman–Crippen LogP) is 6.38. The topological polar surface area (TPSA) is 51.4 Å². The summed E-state index contributed by atoms with van der Waals surface area (Å²) in [6, 6.07) is 9.13. The summed E-state index contributed by atoms with van der Waals surface area (Å²) in [5.41, 5.74) is 3.05. The molecule has 4 rings (SSSR count).